The summed E-state index contributed by atoms with van der Waals surface area (Å²) in [7, 11) is 0. The van der Waals surface area contributed by atoms with Crippen molar-refractivity contribution in [3.63, 3.8) is 0 Å². The second kappa shape index (κ2) is 17.0. The third kappa shape index (κ3) is 7.98. The van der Waals surface area contributed by atoms with Gasteiger partial charge in [-0.3, -0.25) is 19.2 Å². The molecular formula is C52H38N4O8. The first-order valence-corrected chi connectivity index (χ1v) is 20.4. The summed E-state index contributed by atoms with van der Waals surface area (Å²) in [5.41, 5.74) is 11.5. The maximum absolute atomic E-state index is 12.2. The Bertz CT molecular complexity index is 2890. The maximum atomic E-state index is 12.2. The van der Waals surface area contributed by atoms with Crippen LogP contribution in [-0.4, -0.2) is 64.2 Å². The summed E-state index contributed by atoms with van der Waals surface area (Å²) in [5.74, 6) is -4.04. The van der Waals surface area contributed by atoms with Crippen LogP contribution in [0.25, 0.3) is 90.9 Å². The summed E-state index contributed by atoms with van der Waals surface area (Å²) in [4.78, 5) is 66.7. The quantitative estimate of drug-likeness (QED) is 0.0686. The van der Waals surface area contributed by atoms with Crippen LogP contribution in [0.3, 0.4) is 0 Å². The Kier molecular flexibility index (Phi) is 10.8. The van der Waals surface area contributed by atoms with E-state index in [9.17, 15) is 39.6 Å². The second-order valence-electron chi connectivity index (χ2n) is 15.4. The Balaban J connectivity index is 1.50. The zero-order valence-electron chi connectivity index (χ0n) is 34.0. The molecule has 0 aliphatic carbocycles. The number of carbonyl (C=O) groups is 4. The van der Waals surface area contributed by atoms with Crippen LogP contribution in [0.15, 0.2) is 121 Å². The van der Waals surface area contributed by atoms with Crippen molar-refractivity contribution in [3.05, 3.63) is 166 Å². The molecule has 9 rings (SSSR count). The summed E-state index contributed by atoms with van der Waals surface area (Å²) in [5, 5.41) is 40.1. The molecule has 0 atom stereocenters. The molecule has 0 saturated heterocycles. The lowest BCUT2D eigenvalue weighted by Gasteiger charge is -2.12. The van der Waals surface area contributed by atoms with Crippen LogP contribution in [0.5, 0.6) is 0 Å². The van der Waals surface area contributed by atoms with Gasteiger partial charge in [0.2, 0.25) is 0 Å². The van der Waals surface area contributed by atoms with Crippen molar-refractivity contribution in [1.29, 1.82) is 0 Å². The van der Waals surface area contributed by atoms with E-state index in [0.717, 1.165) is 0 Å². The number of benzene rings is 4. The Morgan fingerprint density at radius 1 is 0.344 bits per heavy atom. The number of aliphatic carboxylic acids is 4. The molecule has 0 fully saturated rings. The van der Waals surface area contributed by atoms with Gasteiger partial charge in [0.1, 0.15) is 0 Å². The molecule has 6 N–H and O–H groups in total. The first-order chi connectivity index (χ1) is 31.0. The van der Waals surface area contributed by atoms with E-state index >= 15 is 0 Å². The lowest BCUT2D eigenvalue weighted by molar-refractivity contribution is -0.137. The number of rotatable bonds is 12. The highest BCUT2D eigenvalue weighted by Crippen LogP contribution is 2.41. The lowest BCUT2D eigenvalue weighted by Crippen LogP contribution is -2.03. The Morgan fingerprint density at radius 3 is 0.781 bits per heavy atom. The topological polar surface area (TPSA) is 207 Å². The molecule has 12 nitrogen and oxygen atoms in total. The molecule has 2 aliphatic rings. The molecular weight excluding hydrogens is 809 g/mol. The molecule has 64 heavy (non-hydrogen) atoms. The van der Waals surface area contributed by atoms with Crippen molar-refractivity contribution in [2.24, 2.45) is 0 Å². The standard InChI is InChI=1S/C52H38N4O8/c57-45(58)25-29-9-1-5-13-33(29)49-37-17-19-39(53-37)50(34-14-6-2-10-30(34)26-46(59)60)41-21-23-43(55-41)52(36-16-8-4-12-32(36)28-48(63)64)44-24-22-42(56-44)51(40-20-18-38(49)54-40)35-15-7-3-11-31(35)27-47(61)62/h1-24,53,56H,25-28H2,(H,57,58)(H,59,60)(H,61,62)(H,63,64). The number of hydrogen-bond acceptors (Lipinski definition) is 6. The van der Waals surface area contributed by atoms with E-state index in [1.54, 1.807) is 48.5 Å². The smallest absolute Gasteiger partial charge is 0.307 e. The van der Waals surface area contributed by atoms with Crippen molar-refractivity contribution >= 4 is 70.2 Å². The summed E-state index contributed by atoms with van der Waals surface area (Å²) < 4.78 is 0. The zero-order chi connectivity index (χ0) is 44.5. The summed E-state index contributed by atoms with van der Waals surface area (Å²) in [6, 6.07) is 36.4. The second-order valence-corrected chi connectivity index (χ2v) is 15.4. The number of nitrogens with zero attached hydrogens (tertiary/aromatic N) is 2. The molecule has 314 valence electrons. The monoisotopic (exact) mass is 846 g/mol. The number of carboxylic acid groups (broad SMARTS) is 4. The van der Waals surface area contributed by atoms with Gasteiger partial charge in [-0.25, -0.2) is 9.97 Å². The van der Waals surface area contributed by atoms with Gasteiger partial charge in [0.25, 0.3) is 0 Å². The van der Waals surface area contributed by atoms with Crippen molar-refractivity contribution in [3.8, 4) is 44.5 Å². The van der Waals surface area contributed by atoms with Crippen LogP contribution in [0.4, 0.5) is 0 Å². The predicted octanol–water partition coefficient (Wildman–Crippen LogP) is 9.83. The average Bonchev–Trinajstić information content (AvgIpc) is 4.11. The summed E-state index contributed by atoms with van der Waals surface area (Å²) in [6.45, 7) is 0. The summed E-state index contributed by atoms with van der Waals surface area (Å²) >= 11 is 0. The van der Waals surface area contributed by atoms with Crippen LogP contribution < -0.4 is 0 Å². The molecule has 12 heteroatoms. The molecule has 0 spiro atoms. The highest BCUT2D eigenvalue weighted by atomic mass is 16.4. The lowest BCUT2D eigenvalue weighted by atomic mass is 9.96. The molecule has 5 heterocycles. The van der Waals surface area contributed by atoms with Gasteiger partial charge in [-0.1, -0.05) is 97.1 Å². The van der Waals surface area contributed by atoms with Gasteiger partial charge in [-0.15, -0.1) is 0 Å². The fourth-order valence-electron chi connectivity index (χ4n) is 8.66. The minimum atomic E-state index is -1.01. The minimum absolute atomic E-state index is 0.263. The van der Waals surface area contributed by atoms with Crippen molar-refractivity contribution in [2.75, 3.05) is 0 Å². The SMILES string of the molecule is O=C(O)Cc1ccccc1-c1c2nc(c(-c3ccccc3CC(=O)O)c3ccc([nH]3)c(-c3ccccc3CC(=O)O)c3nc(c(-c4ccccc4CC(=O)O)c4ccc1[nH]4)C=C3)C=C2. The molecule has 8 bridgehead atoms. The molecule has 0 amide bonds. The minimum Gasteiger partial charge on any atom is -0.481 e. The van der Waals surface area contributed by atoms with Gasteiger partial charge >= 0.3 is 23.9 Å². The predicted molar refractivity (Wildman–Crippen MR) is 246 cm³/mol. The molecule has 2 aliphatic heterocycles. The van der Waals surface area contributed by atoms with Crippen LogP contribution in [0.1, 0.15) is 45.0 Å². The average molecular weight is 847 g/mol. The van der Waals surface area contributed by atoms with Gasteiger partial charge in [0.05, 0.1) is 48.5 Å². The number of aromatic nitrogens is 4. The highest BCUT2D eigenvalue weighted by molar-refractivity contribution is 6.01. The Labute approximate surface area is 365 Å². The highest BCUT2D eigenvalue weighted by Gasteiger charge is 2.23. The van der Waals surface area contributed by atoms with E-state index in [-0.39, 0.29) is 25.7 Å². The number of aromatic amines is 2. The van der Waals surface area contributed by atoms with Gasteiger partial charge in [0, 0.05) is 44.3 Å². The normalized spacial score (nSPS) is 11.8. The molecule has 7 aromatic rings. The van der Waals surface area contributed by atoms with E-state index in [4.69, 9.17) is 9.97 Å². The van der Waals surface area contributed by atoms with Crippen molar-refractivity contribution < 1.29 is 39.6 Å². The number of carboxylic acids is 4. The van der Waals surface area contributed by atoms with Crippen LogP contribution in [0.2, 0.25) is 0 Å². The van der Waals surface area contributed by atoms with E-state index in [1.165, 1.54) is 0 Å². The van der Waals surface area contributed by atoms with Crippen molar-refractivity contribution in [2.45, 2.75) is 25.7 Å². The molecule has 0 unspecified atom stereocenters. The van der Waals surface area contributed by atoms with E-state index in [0.29, 0.717) is 112 Å². The first-order valence-electron chi connectivity index (χ1n) is 20.4. The maximum Gasteiger partial charge on any atom is 0.307 e. The van der Waals surface area contributed by atoms with Gasteiger partial charge < -0.3 is 30.4 Å². The number of fused-ring (bicyclic) bond motifs is 8. The molecule has 3 aromatic heterocycles. The molecule has 0 radical (unpaired) electrons. The molecule has 4 aromatic carbocycles. The fourth-order valence-corrected chi connectivity index (χ4v) is 8.66. The largest absolute Gasteiger partial charge is 0.481 e. The zero-order valence-corrected chi connectivity index (χ0v) is 34.0. The number of H-pyrrole nitrogens is 2. The van der Waals surface area contributed by atoms with Crippen LogP contribution >= 0.6 is 0 Å². The van der Waals surface area contributed by atoms with E-state index in [1.807, 2.05) is 97.1 Å². The van der Waals surface area contributed by atoms with Gasteiger partial charge in [0.15, 0.2) is 0 Å². The van der Waals surface area contributed by atoms with E-state index < -0.39 is 23.9 Å². The fraction of sp³-hybridized carbons (Fsp3) is 0.0769. The Morgan fingerprint density at radius 2 is 0.562 bits per heavy atom. The summed E-state index contributed by atoms with van der Waals surface area (Å²) in [6.07, 6.45) is 6.34. The number of hydrogen-bond donors (Lipinski definition) is 6. The third-order valence-electron chi connectivity index (χ3n) is 11.3. The number of nitrogens with one attached hydrogen (secondary N) is 2. The van der Waals surface area contributed by atoms with Gasteiger partial charge in [-0.05, 0) is 93.1 Å². The van der Waals surface area contributed by atoms with Crippen LogP contribution in [-0.2, 0) is 44.9 Å². The van der Waals surface area contributed by atoms with Gasteiger partial charge in [-0.2, -0.15) is 0 Å². The first kappa shape index (κ1) is 40.7. The molecule has 0 saturated carbocycles. The third-order valence-corrected chi connectivity index (χ3v) is 11.3. The Hall–Kier alpha value is -8.64. The van der Waals surface area contributed by atoms with Crippen molar-refractivity contribution in [1.82, 2.24) is 19.9 Å². The van der Waals surface area contributed by atoms with E-state index in [2.05, 4.69) is 9.97 Å². The van der Waals surface area contributed by atoms with Crippen LogP contribution in [0, 0.1) is 0 Å².